The quantitative estimate of drug-likeness (QED) is 0.0427. The van der Waals surface area contributed by atoms with E-state index in [-0.39, 0.29) is 92.3 Å². The zero-order valence-corrected chi connectivity index (χ0v) is 68.0. The molecule has 0 aliphatic carbocycles. The topological polar surface area (TPSA) is 555 Å². The van der Waals surface area contributed by atoms with Gasteiger partial charge in [0.25, 0.3) is 0 Å². The molecule has 24 N–H and O–H groups in total. The van der Waals surface area contributed by atoms with Crippen molar-refractivity contribution in [1.82, 2.24) is 120 Å². The molecular formula is C72H120N36. The van der Waals surface area contributed by atoms with Gasteiger partial charge in [-0.3, -0.25) is 0 Å². The van der Waals surface area contributed by atoms with Gasteiger partial charge in [-0.1, -0.05) is 166 Å². The van der Waals surface area contributed by atoms with Crippen LogP contribution in [0.15, 0.2) is 38.0 Å². The molecule has 12 heterocycles. The number of hydrogen-bond donors (Lipinski definition) is 18. The molecule has 36 nitrogen and oxygen atoms in total. The average molecular weight is 1490 g/mol. The van der Waals surface area contributed by atoms with Crippen molar-refractivity contribution in [3.8, 4) is 0 Å². The first-order valence-corrected chi connectivity index (χ1v) is 36.5. The largest absolute Gasteiger partial charge is 0.368 e. The van der Waals surface area contributed by atoms with Gasteiger partial charge in [-0.2, -0.15) is 59.8 Å². The third kappa shape index (κ3) is 22.5. The highest BCUT2D eigenvalue weighted by molar-refractivity contribution is 5.87. The van der Waals surface area contributed by atoms with Crippen molar-refractivity contribution in [2.24, 2.45) is 44.3 Å². The third-order valence-corrected chi connectivity index (χ3v) is 18.4. The molecule has 0 bridgehead atoms. The van der Waals surface area contributed by atoms with Crippen LogP contribution in [0.4, 0.5) is 70.6 Å². The van der Waals surface area contributed by atoms with Crippen LogP contribution in [-0.4, -0.2) is 156 Å². The van der Waals surface area contributed by atoms with Crippen LogP contribution in [0.3, 0.4) is 0 Å². The number of fused-ring (bicyclic) bond motifs is 6. The van der Waals surface area contributed by atoms with E-state index in [0.717, 1.165) is 57.6 Å². The van der Waals surface area contributed by atoms with Gasteiger partial charge >= 0.3 is 0 Å². The van der Waals surface area contributed by atoms with Gasteiger partial charge in [0.05, 0.1) is 38.0 Å². The normalized spacial score (nSPS) is 13.9. The van der Waals surface area contributed by atoms with Crippen molar-refractivity contribution in [3.05, 3.63) is 38.0 Å². The van der Waals surface area contributed by atoms with Gasteiger partial charge in [-0.15, -0.1) is 0 Å². The number of nitrogens with two attached hydrogens (primary N) is 6. The monoisotopic (exact) mass is 1490 g/mol. The van der Waals surface area contributed by atoms with E-state index in [2.05, 4.69) is 332 Å². The molecule has 12 rings (SSSR count). The maximum Gasteiger partial charge on any atom is 0.224 e. The number of H-pyrrole nitrogens is 6. The van der Waals surface area contributed by atoms with Gasteiger partial charge in [-0.05, 0) is 71.0 Å². The van der Waals surface area contributed by atoms with E-state index in [1.54, 1.807) is 38.0 Å². The van der Waals surface area contributed by atoms with Crippen LogP contribution in [0.5, 0.6) is 0 Å². The SMILES string of the molecule is CC(C)C(Nc1nc(N)nc2nc[nH]c12)C(C)(C)C.CC(C)[C@H](Nc1nc(N)nc2nc[nH]c12)C(C)(C)C.CC(Nc1nc(N)nc2nc[nH]c12)C(C)(C)C.CCC(Nc1nc(N)nc2nc[nH]c12)C(C)(C)C.CC[C@H](Nc1nc(N)nc2nc[nH]c12)C(C)(C)C.C[C@H](Nc1nc(N)nc2nc[nH]c12)C(C)(C)C. The fourth-order valence-electron chi connectivity index (χ4n) is 11.8. The summed E-state index contributed by atoms with van der Waals surface area (Å²) in [4.78, 5) is 92.8. The molecular weight excluding hydrogens is 1370 g/mol. The molecule has 0 spiro atoms. The van der Waals surface area contributed by atoms with Crippen molar-refractivity contribution in [3.63, 3.8) is 0 Å². The predicted molar refractivity (Wildman–Crippen MR) is 439 cm³/mol. The molecule has 0 saturated carbocycles. The van der Waals surface area contributed by atoms with Gasteiger partial charge in [0.1, 0.15) is 33.1 Å². The summed E-state index contributed by atoms with van der Waals surface area (Å²) in [6, 6.07) is 1.66. The van der Waals surface area contributed by atoms with E-state index < -0.39 is 0 Å². The number of imidazole rings is 6. The Hall–Kier alpha value is -11.1. The van der Waals surface area contributed by atoms with Crippen LogP contribution in [0.25, 0.3) is 67.0 Å². The first-order valence-electron chi connectivity index (χ1n) is 36.5. The van der Waals surface area contributed by atoms with Crippen LogP contribution in [0.1, 0.15) is 193 Å². The summed E-state index contributed by atoms with van der Waals surface area (Å²) >= 11 is 0. The minimum Gasteiger partial charge on any atom is -0.368 e. The van der Waals surface area contributed by atoms with E-state index in [0.29, 0.717) is 81.1 Å². The molecule has 12 aromatic rings. The highest BCUT2D eigenvalue weighted by atomic mass is 15.2. The highest BCUT2D eigenvalue weighted by Gasteiger charge is 2.32. The highest BCUT2D eigenvalue weighted by Crippen LogP contribution is 2.34. The molecule has 36 heteroatoms. The number of rotatable bonds is 16. The summed E-state index contributed by atoms with van der Waals surface area (Å²) < 4.78 is 0. The Morgan fingerprint density at radius 1 is 0.269 bits per heavy atom. The standard InChI is InChI=1S/2C13H22N6.2C12H20N6.2C11H18N6/c2*1-7(2)9(13(3,4)5)17-11-8-10(16-6-15-8)18-12(14)19-11;2*1-5-7(12(2,3)4)16-10-8-9(15-6-14-8)17-11(13)18-10;2*1-6(11(2,3)4)15-9-7-8(14-5-13-7)16-10(12)17-9/h2*6-7,9H,1-5H3,(H4,14,15,16,17,18,19);2*6-7H,5H2,1-4H3,(H4,13,14,15,16,17,18);2*5-6H,1-4H3,(H4,12,13,14,15,16,17)/t9-;;7-;;6-;/m0.0.0./s1. The Bertz CT molecular complexity index is 4520. The van der Waals surface area contributed by atoms with Crippen LogP contribution < -0.4 is 66.3 Å². The first-order chi connectivity index (χ1) is 50.2. The molecule has 0 fully saturated rings. The van der Waals surface area contributed by atoms with Gasteiger partial charge in [-0.25, -0.2) is 29.9 Å². The Balaban J connectivity index is 0.000000181. The lowest BCUT2D eigenvalue weighted by atomic mass is 9.80. The number of hydrogen-bond acceptors (Lipinski definition) is 30. The van der Waals surface area contributed by atoms with Gasteiger partial charge in [0, 0.05) is 36.3 Å². The zero-order chi connectivity index (χ0) is 80.3. The number of nitrogen functional groups attached to an aromatic ring is 6. The Morgan fingerprint density at radius 3 is 0.611 bits per heavy atom. The van der Waals surface area contributed by atoms with E-state index in [1.807, 2.05) is 0 Å². The summed E-state index contributed by atoms with van der Waals surface area (Å²) in [5.74, 6) is 6.61. The lowest BCUT2D eigenvalue weighted by Gasteiger charge is -2.35. The average Bonchev–Trinajstić information content (AvgIpc) is 1.48. The van der Waals surface area contributed by atoms with Crippen molar-refractivity contribution in [2.45, 2.75) is 229 Å². The summed E-state index contributed by atoms with van der Waals surface area (Å²) in [5, 5.41) is 20.5. The number of anilines is 12. The summed E-state index contributed by atoms with van der Waals surface area (Å²) in [7, 11) is 0. The summed E-state index contributed by atoms with van der Waals surface area (Å²) in [5.41, 5.74) is 43.2. The number of nitrogens with one attached hydrogen (secondary N) is 12. The number of aromatic nitrogens is 24. The van der Waals surface area contributed by atoms with Gasteiger partial charge in [0.15, 0.2) is 68.8 Å². The second kappa shape index (κ2) is 34.2. The molecule has 12 aromatic heterocycles. The Kier molecular flexibility index (Phi) is 26.7. The lowest BCUT2D eigenvalue weighted by Crippen LogP contribution is -2.38. The van der Waals surface area contributed by atoms with Crippen molar-refractivity contribution in [1.29, 1.82) is 0 Å². The van der Waals surface area contributed by atoms with Gasteiger partial charge in [0.2, 0.25) is 35.7 Å². The fourth-order valence-corrected chi connectivity index (χ4v) is 11.8. The first kappa shape index (κ1) is 84.2. The second-order valence-electron chi connectivity index (χ2n) is 34.1. The van der Waals surface area contributed by atoms with E-state index in [9.17, 15) is 0 Å². The van der Waals surface area contributed by atoms with Crippen LogP contribution in [0, 0.1) is 44.3 Å². The smallest absolute Gasteiger partial charge is 0.224 e. The zero-order valence-electron chi connectivity index (χ0n) is 68.0. The van der Waals surface area contributed by atoms with Crippen molar-refractivity contribution in [2.75, 3.05) is 66.3 Å². The minimum atomic E-state index is 0.111. The molecule has 0 aliphatic rings. The van der Waals surface area contributed by atoms with E-state index in [4.69, 9.17) is 34.4 Å². The summed E-state index contributed by atoms with van der Waals surface area (Å²) in [6.07, 6.45) is 11.6. The van der Waals surface area contributed by atoms with Gasteiger partial charge < -0.3 is 96.2 Å². The van der Waals surface area contributed by atoms with Crippen LogP contribution in [-0.2, 0) is 0 Å². The van der Waals surface area contributed by atoms with E-state index in [1.165, 1.54) is 0 Å². The Morgan fingerprint density at radius 2 is 0.454 bits per heavy atom. The minimum absolute atomic E-state index is 0.111. The molecule has 0 amide bonds. The molecule has 0 aromatic carbocycles. The molecule has 6 atom stereocenters. The third-order valence-electron chi connectivity index (χ3n) is 18.4. The van der Waals surface area contributed by atoms with Crippen molar-refractivity contribution < 1.29 is 0 Å². The van der Waals surface area contributed by atoms with E-state index >= 15 is 0 Å². The second-order valence-corrected chi connectivity index (χ2v) is 34.1. The fraction of sp³-hybridized carbons (Fsp3) is 0.583. The lowest BCUT2D eigenvalue weighted by molar-refractivity contribution is 0.280. The van der Waals surface area contributed by atoms with Crippen LogP contribution in [0.2, 0.25) is 0 Å². The molecule has 0 aliphatic heterocycles. The predicted octanol–water partition coefficient (Wildman–Crippen LogP) is 12.7. The number of aromatic amines is 6. The summed E-state index contributed by atoms with van der Waals surface area (Å²) in [6.45, 7) is 56.7. The molecule has 0 radical (unpaired) electrons. The van der Waals surface area contributed by atoms with Crippen LogP contribution >= 0.6 is 0 Å². The molecule has 588 valence electrons. The van der Waals surface area contributed by atoms with Crippen molar-refractivity contribution >= 4 is 138 Å². The maximum absolute atomic E-state index is 5.73. The Labute approximate surface area is 632 Å². The molecule has 108 heavy (non-hydrogen) atoms. The number of nitrogens with zero attached hydrogens (tertiary/aromatic N) is 18. The molecule has 0 saturated heterocycles. The molecule has 3 unspecified atom stereocenters. The maximum atomic E-state index is 5.73.